The number of benzene rings is 1. The van der Waals surface area contributed by atoms with Crippen molar-refractivity contribution >= 4 is 0 Å². The molecular formula is C12H18O4. The average molecular weight is 226 g/mol. The van der Waals surface area contributed by atoms with E-state index in [-0.39, 0.29) is 0 Å². The standard InChI is InChI=1S/C12H18O4/c1-3-11(13)15-9-6-5-7-10(8-9)16-12(14)4-2/h5-8,11-14H,3-4H2,1-2H3. The highest BCUT2D eigenvalue weighted by Gasteiger charge is 2.06. The van der Waals surface area contributed by atoms with E-state index in [2.05, 4.69) is 0 Å². The summed E-state index contributed by atoms with van der Waals surface area (Å²) in [6.07, 6.45) is -0.594. The first-order valence-corrected chi connectivity index (χ1v) is 5.45. The highest BCUT2D eigenvalue weighted by atomic mass is 16.6. The van der Waals surface area contributed by atoms with Crippen LogP contribution in [-0.2, 0) is 0 Å². The fourth-order valence-corrected chi connectivity index (χ4v) is 1.10. The third-order valence-electron chi connectivity index (χ3n) is 2.05. The smallest absolute Gasteiger partial charge is 0.197 e. The number of aliphatic hydroxyl groups excluding tert-OH is 2. The molecule has 0 aromatic heterocycles. The van der Waals surface area contributed by atoms with Crippen molar-refractivity contribution < 1.29 is 19.7 Å². The summed E-state index contributed by atoms with van der Waals surface area (Å²) in [7, 11) is 0. The van der Waals surface area contributed by atoms with E-state index >= 15 is 0 Å². The Balaban J connectivity index is 2.63. The van der Waals surface area contributed by atoms with Gasteiger partial charge in [0, 0.05) is 18.9 Å². The lowest BCUT2D eigenvalue weighted by atomic mass is 10.3. The third-order valence-corrected chi connectivity index (χ3v) is 2.05. The van der Waals surface area contributed by atoms with E-state index in [1.54, 1.807) is 24.3 Å². The maximum atomic E-state index is 9.32. The fourth-order valence-electron chi connectivity index (χ4n) is 1.10. The number of hydrogen-bond acceptors (Lipinski definition) is 4. The van der Waals surface area contributed by atoms with Gasteiger partial charge in [-0.1, -0.05) is 19.9 Å². The molecule has 0 heterocycles. The Morgan fingerprint density at radius 3 is 1.81 bits per heavy atom. The van der Waals surface area contributed by atoms with E-state index in [0.717, 1.165) is 0 Å². The molecule has 16 heavy (non-hydrogen) atoms. The van der Waals surface area contributed by atoms with Crippen molar-refractivity contribution in [2.45, 2.75) is 39.3 Å². The average Bonchev–Trinajstić information content (AvgIpc) is 2.29. The number of rotatable bonds is 6. The Kier molecular flexibility index (Phi) is 5.08. The summed E-state index contributed by atoms with van der Waals surface area (Å²) in [6, 6.07) is 6.83. The van der Waals surface area contributed by atoms with Gasteiger partial charge in [0.2, 0.25) is 0 Å². The van der Waals surface area contributed by atoms with Crippen LogP contribution in [-0.4, -0.2) is 22.8 Å². The van der Waals surface area contributed by atoms with Gasteiger partial charge in [0.15, 0.2) is 12.6 Å². The molecule has 4 nitrogen and oxygen atoms in total. The van der Waals surface area contributed by atoms with E-state index in [1.807, 2.05) is 13.8 Å². The van der Waals surface area contributed by atoms with Crippen LogP contribution in [0, 0.1) is 0 Å². The molecule has 1 rings (SSSR count). The van der Waals surface area contributed by atoms with Crippen molar-refractivity contribution in [1.29, 1.82) is 0 Å². The van der Waals surface area contributed by atoms with Crippen LogP contribution < -0.4 is 9.47 Å². The monoisotopic (exact) mass is 226 g/mol. The SMILES string of the molecule is CCC(O)Oc1cccc(OC(O)CC)c1. The molecule has 0 fully saturated rings. The summed E-state index contributed by atoms with van der Waals surface area (Å²) in [5.74, 6) is 1.05. The lowest BCUT2D eigenvalue weighted by Gasteiger charge is -2.14. The lowest BCUT2D eigenvalue weighted by molar-refractivity contribution is -0.0239. The van der Waals surface area contributed by atoms with Gasteiger partial charge in [-0.05, 0) is 12.1 Å². The molecule has 0 saturated heterocycles. The second-order valence-electron chi connectivity index (χ2n) is 3.44. The Morgan fingerprint density at radius 2 is 1.44 bits per heavy atom. The van der Waals surface area contributed by atoms with Gasteiger partial charge in [-0.2, -0.15) is 0 Å². The van der Waals surface area contributed by atoms with Crippen molar-refractivity contribution in [3.05, 3.63) is 24.3 Å². The molecule has 0 aliphatic carbocycles. The lowest BCUT2D eigenvalue weighted by Crippen LogP contribution is -2.15. The van der Waals surface area contributed by atoms with E-state index in [4.69, 9.17) is 9.47 Å². The van der Waals surface area contributed by atoms with Crippen LogP contribution in [0.2, 0.25) is 0 Å². The van der Waals surface area contributed by atoms with Crippen molar-refractivity contribution in [1.82, 2.24) is 0 Å². The molecule has 90 valence electrons. The summed E-state index contributed by atoms with van der Waals surface area (Å²) < 4.78 is 10.4. The van der Waals surface area contributed by atoms with E-state index < -0.39 is 12.6 Å². The molecule has 4 heteroatoms. The van der Waals surface area contributed by atoms with Gasteiger partial charge in [-0.3, -0.25) is 0 Å². The molecule has 0 amide bonds. The third kappa shape index (κ3) is 4.08. The Hall–Kier alpha value is -1.26. The topological polar surface area (TPSA) is 58.9 Å². The van der Waals surface area contributed by atoms with Crippen LogP contribution in [0.4, 0.5) is 0 Å². The molecule has 0 spiro atoms. The Bertz CT molecular complexity index is 286. The van der Waals surface area contributed by atoms with E-state index in [1.165, 1.54) is 0 Å². The number of aliphatic hydroxyl groups is 2. The number of hydrogen-bond donors (Lipinski definition) is 2. The Labute approximate surface area is 95.4 Å². The van der Waals surface area contributed by atoms with Crippen LogP contribution in [0.1, 0.15) is 26.7 Å². The summed E-state index contributed by atoms with van der Waals surface area (Å²) in [5.41, 5.74) is 0. The summed E-state index contributed by atoms with van der Waals surface area (Å²) in [6.45, 7) is 3.65. The predicted octanol–water partition coefficient (Wildman–Crippen LogP) is 1.90. The van der Waals surface area contributed by atoms with Crippen LogP contribution in [0.3, 0.4) is 0 Å². The minimum Gasteiger partial charge on any atom is -0.465 e. The molecule has 1 aromatic carbocycles. The van der Waals surface area contributed by atoms with Crippen molar-refractivity contribution in [2.24, 2.45) is 0 Å². The minimum atomic E-state index is -0.814. The maximum Gasteiger partial charge on any atom is 0.197 e. The summed E-state index contributed by atoms with van der Waals surface area (Å²) in [5, 5.41) is 18.6. The zero-order chi connectivity index (χ0) is 12.0. The second-order valence-corrected chi connectivity index (χ2v) is 3.44. The van der Waals surface area contributed by atoms with Crippen LogP contribution in [0.25, 0.3) is 0 Å². The Morgan fingerprint density at radius 1 is 1.00 bits per heavy atom. The molecule has 1 aromatic rings. The second kappa shape index (κ2) is 6.35. The molecule has 0 bridgehead atoms. The molecule has 2 atom stereocenters. The molecule has 2 N–H and O–H groups in total. The van der Waals surface area contributed by atoms with Gasteiger partial charge in [0.1, 0.15) is 11.5 Å². The molecule has 2 unspecified atom stereocenters. The predicted molar refractivity (Wildman–Crippen MR) is 60.3 cm³/mol. The first kappa shape index (κ1) is 12.8. The highest BCUT2D eigenvalue weighted by Crippen LogP contribution is 2.21. The zero-order valence-electron chi connectivity index (χ0n) is 9.59. The van der Waals surface area contributed by atoms with Gasteiger partial charge < -0.3 is 19.7 Å². The zero-order valence-corrected chi connectivity index (χ0v) is 9.59. The minimum absolute atomic E-state index is 0.517. The molecule has 0 aliphatic rings. The first-order chi connectivity index (χ1) is 7.65. The molecule has 0 aliphatic heterocycles. The first-order valence-electron chi connectivity index (χ1n) is 5.45. The van der Waals surface area contributed by atoms with Gasteiger partial charge in [-0.15, -0.1) is 0 Å². The van der Waals surface area contributed by atoms with Gasteiger partial charge in [0.25, 0.3) is 0 Å². The summed E-state index contributed by atoms with van der Waals surface area (Å²) >= 11 is 0. The molecular weight excluding hydrogens is 208 g/mol. The molecule has 0 saturated carbocycles. The molecule has 0 radical (unpaired) electrons. The number of ether oxygens (including phenoxy) is 2. The highest BCUT2D eigenvalue weighted by molar-refractivity contribution is 5.33. The normalized spacial score (nSPS) is 14.2. The van der Waals surface area contributed by atoms with Crippen LogP contribution in [0.15, 0.2) is 24.3 Å². The maximum absolute atomic E-state index is 9.32. The van der Waals surface area contributed by atoms with Gasteiger partial charge in [-0.25, -0.2) is 0 Å². The van der Waals surface area contributed by atoms with Crippen LogP contribution in [0.5, 0.6) is 11.5 Å². The van der Waals surface area contributed by atoms with Crippen molar-refractivity contribution in [3.8, 4) is 11.5 Å². The van der Waals surface area contributed by atoms with E-state index in [9.17, 15) is 10.2 Å². The quantitative estimate of drug-likeness (QED) is 0.727. The van der Waals surface area contributed by atoms with Crippen LogP contribution >= 0.6 is 0 Å². The van der Waals surface area contributed by atoms with Gasteiger partial charge in [0.05, 0.1) is 0 Å². The largest absolute Gasteiger partial charge is 0.465 e. The fraction of sp³-hybridized carbons (Fsp3) is 0.500. The summed E-state index contributed by atoms with van der Waals surface area (Å²) in [4.78, 5) is 0. The van der Waals surface area contributed by atoms with Crippen molar-refractivity contribution in [3.63, 3.8) is 0 Å². The van der Waals surface area contributed by atoms with Gasteiger partial charge >= 0.3 is 0 Å². The van der Waals surface area contributed by atoms with Crippen molar-refractivity contribution in [2.75, 3.05) is 0 Å². The van der Waals surface area contributed by atoms with E-state index in [0.29, 0.717) is 24.3 Å².